The van der Waals surface area contributed by atoms with E-state index in [1.165, 1.54) is 11.1 Å². The van der Waals surface area contributed by atoms with Crippen LogP contribution in [0.2, 0.25) is 0 Å². The first-order chi connectivity index (χ1) is 10.2. The smallest absolute Gasteiger partial charge is 0.0964 e. The predicted octanol–water partition coefficient (Wildman–Crippen LogP) is 1.83. The van der Waals surface area contributed by atoms with Crippen molar-refractivity contribution in [3.8, 4) is 0 Å². The molecule has 21 heavy (non-hydrogen) atoms. The molecule has 2 aromatic rings. The van der Waals surface area contributed by atoms with E-state index in [1.54, 1.807) is 0 Å². The summed E-state index contributed by atoms with van der Waals surface area (Å²) in [6.45, 7) is 8.77. The number of hydrogen-bond donors (Lipinski definition) is 1. The van der Waals surface area contributed by atoms with Crippen LogP contribution in [0.15, 0.2) is 30.5 Å². The summed E-state index contributed by atoms with van der Waals surface area (Å²) in [5.74, 6) is 0. The van der Waals surface area contributed by atoms with Crippen LogP contribution in [0.1, 0.15) is 23.7 Å². The quantitative estimate of drug-likeness (QED) is 0.804. The number of rotatable bonds is 8. The van der Waals surface area contributed by atoms with Gasteiger partial charge in [-0.25, -0.2) is 0 Å². The first kappa shape index (κ1) is 15.7. The molecule has 0 amide bonds. The zero-order chi connectivity index (χ0) is 15.1. The summed E-state index contributed by atoms with van der Waals surface area (Å²) in [6, 6.07) is 8.53. The van der Waals surface area contributed by atoms with Crippen molar-refractivity contribution < 1.29 is 0 Å². The largest absolute Gasteiger partial charge is 0.311 e. The van der Waals surface area contributed by atoms with Gasteiger partial charge in [0.15, 0.2) is 0 Å². The van der Waals surface area contributed by atoms with E-state index >= 15 is 0 Å². The zero-order valence-electron chi connectivity index (χ0n) is 13.2. The predicted molar refractivity (Wildman–Crippen MR) is 84.9 cm³/mol. The van der Waals surface area contributed by atoms with Crippen molar-refractivity contribution in [2.75, 3.05) is 20.1 Å². The number of nitrogens with one attached hydrogen (secondary N) is 1. The molecule has 0 unspecified atom stereocenters. The Kier molecular flexibility index (Phi) is 5.90. The molecule has 1 aromatic heterocycles. The summed E-state index contributed by atoms with van der Waals surface area (Å²) in [5.41, 5.74) is 3.72. The van der Waals surface area contributed by atoms with Gasteiger partial charge in [0.05, 0.1) is 12.2 Å². The maximum Gasteiger partial charge on any atom is 0.0964 e. The average molecular weight is 287 g/mol. The highest BCUT2D eigenvalue weighted by Gasteiger charge is 2.04. The third kappa shape index (κ3) is 4.95. The lowest BCUT2D eigenvalue weighted by Gasteiger charge is -2.17. The van der Waals surface area contributed by atoms with Crippen LogP contribution in [0.3, 0.4) is 0 Å². The Hall–Kier alpha value is -1.72. The molecule has 0 bridgehead atoms. The van der Waals surface area contributed by atoms with E-state index in [0.29, 0.717) is 0 Å². The summed E-state index contributed by atoms with van der Waals surface area (Å²) in [4.78, 5) is 2.31. The van der Waals surface area contributed by atoms with Gasteiger partial charge in [-0.05, 0) is 31.6 Å². The van der Waals surface area contributed by atoms with Crippen molar-refractivity contribution in [3.63, 3.8) is 0 Å². The molecule has 5 nitrogen and oxygen atoms in total. The van der Waals surface area contributed by atoms with E-state index in [2.05, 4.69) is 65.7 Å². The summed E-state index contributed by atoms with van der Waals surface area (Å²) >= 11 is 0. The summed E-state index contributed by atoms with van der Waals surface area (Å²) in [6.07, 6.45) is 2.02. The second kappa shape index (κ2) is 7.90. The second-order valence-corrected chi connectivity index (χ2v) is 5.42. The van der Waals surface area contributed by atoms with E-state index in [-0.39, 0.29) is 0 Å². The molecular weight excluding hydrogens is 262 g/mol. The molecule has 1 heterocycles. The minimum absolute atomic E-state index is 0.787. The lowest BCUT2D eigenvalue weighted by Crippen LogP contribution is -2.23. The minimum atomic E-state index is 0.787. The highest BCUT2D eigenvalue weighted by atomic mass is 15.4. The van der Waals surface area contributed by atoms with Crippen molar-refractivity contribution in [3.05, 3.63) is 47.3 Å². The fraction of sp³-hybridized carbons (Fsp3) is 0.500. The maximum absolute atomic E-state index is 4.17. The normalized spacial score (nSPS) is 11.2. The van der Waals surface area contributed by atoms with Crippen molar-refractivity contribution in [2.45, 2.75) is 33.5 Å². The summed E-state index contributed by atoms with van der Waals surface area (Å²) in [7, 11) is 2.14. The van der Waals surface area contributed by atoms with Crippen LogP contribution in [-0.4, -0.2) is 40.0 Å². The molecule has 5 heteroatoms. The fourth-order valence-corrected chi connectivity index (χ4v) is 2.21. The first-order valence-corrected chi connectivity index (χ1v) is 7.52. The number of nitrogens with zero attached hydrogens (tertiary/aromatic N) is 4. The van der Waals surface area contributed by atoms with Crippen LogP contribution in [0.4, 0.5) is 0 Å². The Bertz CT molecular complexity index is 549. The monoisotopic (exact) mass is 287 g/mol. The number of aryl methyl sites for hydroxylation is 1. The zero-order valence-corrected chi connectivity index (χ0v) is 13.2. The van der Waals surface area contributed by atoms with Crippen molar-refractivity contribution >= 4 is 0 Å². The van der Waals surface area contributed by atoms with Gasteiger partial charge >= 0.3 is 0 Å². The Balaban J connectivity index is 1.79. The van der Waals surface area contributed by atoms with Gasteiger partial charge in [-0.1, -0.05) is 36.4 Å². The standard InChI is InChI=1S/C16H25N5/c1-4-17-11-16-13-21(19-18-16)10-9-20(3)12-15-8-6-5-7-14(15)2/h5-8,13,17H,4,9-12H2,1-3H3. The van der Waals surface area contributed by atoms with Crippen LogP contribution in [0.5, 0.6) is 0 Å². The molecule has 0 aliphatic carbocycles. The van der Waals surface area contributed by atoms with Crippen molar-refractivity contribution in [1.29, 1.82) is 0 Å². The van der Waals surface area contributed by atoms with Gasteiger partial charge in [0, 0.05) is 25.8 Å². The number of aromatic nitrogens is 3. The molecule has 114 valence electrons. The van der Waals surface area contributed by atoms with E-state index in [1.807, 2.05) is 10.9 Å². The highest BCUT2D eigenvalue weighted by Crippen LogP contribution is 2.09. The van der Waals surface area contributed by atoms with Crippen LogP contribution < -0.4 is 5.32 Å². The first-order valence-electron chi connectivity index (χ1n) is 7.52. The van der Waals surface area contributed by atoms with Crippen LogP contribution in [0, 0.1) is 6.92 Å². The maximum atomic E-state index is 4.17. The Morgan fingerprint density at radius 3 is 2.86 bits per heavy atom. The summed E-state index contributed by atoms with van der Waals surface area (Å²) in [5, 5.41) is 11.6. The van der Waals surface area contributed by atoms with Crippen molar-refractivity contribution in [1.82, 2.24) is 25.2 Å². The van der Waals surface area contributed by atoms with Gasteiger partial charge in [-0.15, -0.1) is 5.10 Å². The SMILES string of the molecule is CCNCc1cn(CCN(C)Cc2ccccc2C)nn1. The van der Waals surface area contributed by atoms with Crippen LogP contribution >= 0.6 is 0 Å². The lowest BCUT2D eigenvalue weighted by molar-refractivity contribution is 0.303. The average Bonchev–Trinajstić information content (AvgIpc) is 2.93. The molecule has 0 atom stereocenters. The molecule has 0 aliphatic heterocycles. The molecule has 0 radical (unpaired) electrons. The number of likely N-dealkylation sites (N-methyl/N-ethyl adjacent to an activating group) is 1. The lowest BCUT2D eigenvalue weighted by atomic mass is 10.1. The molecule has 0 fully saturated rings. The fourth-order valence-electron chi connectivity index (χ4n) is 2.21. The Morgan fingerprint density at radius 2 is 2.10 bits per heavy atom. The molecule has 1 aromatic carbocycles. The molecule has 2 rings (SSSR count). The second-order valence-electron chi connectivity index (χ2n) is 5.42. The Morgan fingerprint density at radius 1 is 1.29 bits per heavy atom. The van der Waals surface area contributed by atoms with Gasteiger partial charge in [0.2, 0.25) is 0 Å². The minimum Gasteiger partial charge on any atom is -0.311 e. The van der Waals surface area contributed by atoms with Crippen molar-refractivity contribution in [2.24, 2.45) is 0 Å². The number of benzene rings is 1. The molecular formula is C16H25N5. The molecule has 0 saturated carbocycles. The Labute approximate surface area is 127 Å². The van der Waals surface area contributed by atoms with Gasteiger partial charge in [-0.2, -0.15) is 0 Å². The molecule has 0 saturated heterocycles. The van der Waals surface area contributed by atoms with Gasteiger partial charge in [0.25, 0.3) is 0 Å². The topological polar surface area (TPSA) is 46.0 Å². The summed E-state index contributed by atoms with van der Waals surface area (Å²) < 4.78 is 1.92. The van der Waals surface area contributed by atoms with Gasteiger partial charge in [-0.3, -0.25) is 4.68 Å². The van der Waals surface area contributed by atoms with E-state index in [9.17, 15) is 0 Å². The van der Waals surface area contributed by atoms with Gasteiger partial charge < -0.3 is 10.2 Å². The molecule has 1 N–H and O–H groups in total. The highest BCUT2D eigenvalue weighted by molar-refractivity contribution is 5.25. The third-order valence-electron chi connectivity index (χ3n) is 3.55. The third-order valence-corrected chi connectivity index (χ3v) is 3.55. The van der Waals surface area contributed by atoms with E-state index in [0.717, 1.165) is 38.4 Å². The van der Waals surface area contributed by atoms with Crippen LogP contribution in [-0.2, 0) is 19.6 Å². The molecule has 0 aliphatic rings. The van der Waals surface area contributed by atoms with Crippen LogP contribution in [0.25, 0.3) is 0 Å². The van der Waals surface area contributed by atoms with Gasteiger partial charge in [0.1, 0.15) is 0 Å². The van der Waals surface area contributed by atoms with E-state index < -0.39 is 0 Å². The number of hydrogen-bond acceptors (Lipinski definition) is 4. The molecule has 0 spiro atoms. The van der Waals surface area contributed by atoms with E-state index in [4.69, 9.17) is 0 Å².